The molecule has 0 aliphatic heterocycles. The number of amides is 1. The Morgan fingerprint density at radius 3 is 0.951 bits per heavy atom. The van der Waals surface area contributed by atoms with Gasteiger partial charge in [0.05, 0.1) is 25.4 Å². The van der Waals surface area contributed by atoms with Gasteiger partial charge in [0.25, 0.3) is 0 Å². The quantitative estimate of drug-likeness (QED) is 0.0320. The summed E-state index contributed by atoms with van der Waals surface area (Å²) in [5.41, 5.74) is 0. The van der Waals surface area contributed by atoms with E-state index in [4.69, 9.17) is 4.74 Å². The van der Waals surface area contributed by atoms with Gasteiger partial charge in [0.15, 0.2) is 0 Å². The summed E-state index contributed by atoms with van der Waals surface area (Å²) in [6, 6.07) is -0.540. The first kappa shape index (κ1) is 79.1. The lowest BCUT2D eigenvalue weighted by Gasteiger charge is -2.22. The summed E-state index contributed by atoms with van der Waals surface area (Å²) in [5, 5.41) is 23.3. The first-order chi connectivity index (χ1) is 40.0. The molecule has 1 amide bonds. The Balaban J connectivity index is 3.36. The summed E-state index contributed by atoms with van der Waals surface area (Å²) in [6.45, 7) is 4.97. The van der Waals surface area contributed by atoms with Gasteiger partial charge in [-0.3, -0.25) is 9.59 Å². The second kappa shape index (κ2) is 70.6. The molecule has 0 aromatic heterocycles. The number of aliphatic hydroxyl groups excluding tert-OH is 2. The Kier molecular flexibility index (Phi) is 68.9. The van der Waals surface area contributed by atoms with E-state index in [1.807, 2.05) is 0 Å². The predicted octanol–water partition coefficient (Wildman–Crippen LogP) is 23.9. The molecule has 6 heteroatoms. The molecule has 0 fully saturated rings. The van der Waals surface area contributed by atoms with E-state index in [-0.39, 0.29) is 18.5 Å². The van der Waals surface area contributed by atoms with Gasteiger partial charge in [-0.1, -0.05) is 346 Å². The second-order valence-corrected chi connectivity index (χ2v) is 25.3. The smallest absolute Gasteiger partial charge is 0.305 e. The molecule has 0 saturated carbocycles. The summed E-state index contributed by atoms with van der Waals surface area (Å²) in [5.74, 6) is -0.0194. The number of nitrogens with one attached hydrogen (secondary N) is 1. The van der Waals surface area contributed by atoms with Gasteiger partial charge in [-0.15, -0.1) is 0 Å². The topological polar surface area (TPSA) is 95.9 Å². The molecule has 0 bridgehead atoms. The lowest BCUT2D eigenvalue weighted by molar-refractivity contribution is -0.143. The summed E-state index contributed by atoms with van der Waals surface area (Å²) in [4.78, 5) is 24.6. The molecule has 0 spiro atoms. The van der Waals surface area contributed by atoms with Gasteiger partial charge in [0, 0.05) is 12.8 Å². The van der Waals surface area contributed by atoms with E-state index >= 15 is 0 Å². The fourth-order valence-corrected chi connectivity index (χ4v) is 11.6. The van der Waals surface area contributed by atoms with Crippen LogP contribution in [0.1, 0.15) is 406 Å². The fourth-order valence-electron chi connectivity index (χ4n) is 11.6. The molecule has 0 aromatic rings. The molecule has 3 N–H and O–H groups in total. The molecule has 6 nitrogen and oxygen atoms in total. The van der Waals surface area contributed by atoms with E-state index in [0.717, 1.165) is 51.4 Å². The van der Waals surface area contributed by atoms with Crippen molar-refractivity contribution < 1.29 is 24.5 Å². The average molecular weight is 1140 g/mol. The second-order valence-electron chi connectivity index (χ2n) is 25.3. The molecule has 2 atom stereocenters. The van der Waals surface area contributed by atoms with Crippen molar-refractivity contribution >= 4 is 11.9 Å². The van der Waals surface area contributed by atoms with E-state index in [1.54, 1.807) is 0 Å². The van der Waals surface area contributed by atoms with Gasteiger partial charge in [0.2, 0.25) is 5.91 Å². The van der Waals surface area contributed by atoms with Gasteiger partial charge in [-0.25, -0.2) is 0 Å². The summed E-state index contributed by atoms with van der Waals surface area (Å²) in [7, 11) is 0. The first-order valence-corrected chi connectivity index (χ1v) is 36.7. The maximum absolute atomic E-state index is 12.5. The minimum Gasteiger partial charge on any atom is -0.466 e. The van der Waals surface area contributed by atoms with Gasteiger partial charge in [0.1, 0.15) is 0 Å². The molecule has 81 heavy (non-hydrogen) atoms. The van der Waals surface area contributed by atoms with Crippen LogP contribution in [0.15, 0.2) is 36.5 Å². The third kappa shape index (κ3) is 67.1. The summed E-state index contributed by atoms with van der Waals surface area (Å²) in [6.07, 6.45) is 90.7. The molecule has 0 aliphatic carbocycles. The van der Waals surface area contributed by atoms with Crippen LogP contribution in [0.4, 0.5) is 0 Å². The van der Waals surface area contributed by atoms with E-state index in [1.165, 1.54) is 321 Å². The van der Waals surface area contributed by atoms with Crippen molar-refractivity contribution in [3.8, 4) is 0 Å². The zero-order valence-electron chi connectivity index (χ0n) is 54.8. The van der Waals surface area contributed by atoms with Crippen molar-refractivity contribution in [2.45, 2.75) is 418 Å². The van der Waals surface area contributed by atoms with Gasteiger partial charge < -0.3 is 20.3 Å². The third-order valence-corrected chi connectivity index (χ3v) is 17.2. The number of unbranched alkanes of at least 4 members (excludes halogenated alkanes) is 52. The van der Waals surface area contributed by atoms with Gasteiger partial charge in [-0.2, -0.15) is 0 Å². The highest BCUT2D eigenvalue weighted by Crippen LogP contribution is 2.19. The molecular formula is C75H143NO5. The van der Waals surface area contributed by atoms with Crippen LogP contribution in [-0.4, -0.2) is 47.4 Å². The molecule has 2 unspecified atom stereocenters. The van der Waals surface area contributed by atoms with Gasteiger partial charge >= 0.3 is 5.97 Å². The molecule has 0 radical (unpaired) electrons. The minimum atomic E-state index is -0.663. The number of carbonyl (C=O) groups excluding carboxylic acids is 2. The maximum atomic E-state index is 12.5. The maximum Gasteiger partial charge on any atom is 0.305 e. The predicted molar refractivity (Wildman–Crippen MR) is 356 cm³/mol. The fraction of sp³-hybridized carbons (Fsp3) is 0.893. The van der Waals surface area contributed by atoms with Crippen LogP contribution in [0, 0.1) is 0 Å². The standard InChI is InChI=1S/C75H143NO5/c1-3-5-7-9-11-13-15-17-19-37-41-45-49-53-57-61-65-69-75(80)81-70-66-62-58-54-50-46-42-39-36-34-32-30-28-26-24-22-20-21-23-25-27-29-31-33-35-38-40-44-48-52-56-60-64-68-74(79)76-72(71-77)73(78)67-63-59-55-51-47-43-18-16-14-12-10-8-6-4-2/h17,19,24,26,30,32,72-73,77-78H,3-16,18,20-23,25,27-29,31,33-71H2,1-2H3,(H,76,79)/b19-17-,26-24-,32-30-. The number of rotatable bonds is 69. The van der Waals surface area contributed by atoms with Crippen LogP contribution in [-0.2, 0) is 14.3 Å². The Morgan fingerprint density at radius 2 is 0.617 bits per heavy atom. The zero-order chi connectivity index (χ0) is 58.5. The zero-order valence-corrected chi connectivity index (χ0v) is 54.8. The Bertz CT molecular complexity index is 1310. The number of carbonyl (C=O) groups is 2. The Labute approximate surface area is 506 Å². The highest BCUT2D eigenvalue weighted by Gasteiger charge is 2.20. The summed E-state index contributed by atoms with van der Waals surface area (Å²) < 4.78 is 5.50. The highest BCUT2D eigenvalue weighted by atomic mass is 16.5. The van der Waals surface area contributed by atoms with E-state index in [9.17, 15) is 19.8 Å². The SMILES string of the molecule is CCCCCCCC/C=C\CCCCCCCCCC(=O)OCCCCCCCCCCC/C=C\C/C=C\CCCCCCCCCCCCCCCCCCCC(=O)NC(CO)C(O)CCCCCCCCCCCCCCCC. The van der Waals surface area contributed by atoms with Crippen LogP contribution < -0.4 is 5.32 Å². The van der Waals surface area contributed by atoms with Crippen LogP contribution in [0.2, 0.25) is 0 Å². The lowest BCUT2D eigenvalue weighted by Crippen LogP contribution is -2.45. The Hall–Kier alpha value is -1.92. The van der Waals surface area contributed by atoms with Crippen LogP contribution >= 0.6 is 0 Å². The normalized spacial score (nSPS) is 12.7. The molecule has 0 aliphatic rings. The number of hydrogen-bond donors (Lipinski definition) is 3. The molecule has 0 rings (SSSR count). The third-order valence-electron chi connectivity index (χ3n) is 17.2. The van der Waals surface area contributed by atoms with E-state index in [0.29, 0.717) is 25.9 Å². The molecule has 0 aromatic carbocycles. The molecule has 0 saturated heterocycles. The van der Waals surface area contributed by atoms with Crippen LogP contribution in [0.5, 0.6) is 0 Å². The lowest BCUT2D eigenvalue weighted by atomic mass is 10.0. The van der Waals surface area contributed by atoms with E-state index in [2.05, 4.69) is 55.6 Å². The van der Waals surface area contributed by atoms with Crippen LogP contribution in [0.25, 0.3) is 0 Å². The van der Waals surface area contributed by atoms with Crippen molar-refractivity contribution in [1.82, 2.24) is 5.32 Å². The van der Waals surface area contributed by atoms with Crippen molar-refractivity contribution in [2.75, 3.05) is 13.2 Å². The van der Waals surface area contributed by atoms with Crippen molar-refractivity contribution in [1.29, 1.82) is 0 Å². The van der Waals surface area contributed by atoms with Gasteiger partial charge in [-0.05, 0) is 83.5 Å². The number of esters is 1. The molecule has 0 heterocycles. The highest BCUT2D eigenvalue weighted by molar-refractivity contribution is 5.76. The minimum absolute atomic E-state index is 0.0113. The Morgan fingerprint density at radius 1 is 0.346 bits per heavy atom. The number of ether oxygens (including phenoxy) is 1. The van der Waals surface area contributed by atoms with Crippen molar-refractivity contribution in [2.24, 2.45) is 0 Å². The van der Waals surface area contributed by atoms with Crippen molar-refractivity contribution in [3.63, 3.8) is 0 Å². The monoisotopic (exact) mass is 1140 g/mol. The number of hydrogen-bond acceptors (Lipinski definition) is 5. The number of aliphatic hydroxyl groups is 2. The first-order valence-electron chi connectivity index (χ1n) is 36.7. The van der Waals surface area contributed by atoms with Crippen molar-refractivity contribution in [3.05, 3.63) is 36.5 Å². The largest absolute Gasteiger partial charge is 0.466 e. The van der Waals surface area contributed by atoms with Crippen LogP contribution in [0.3, 0.4) is 0 Å². The summed E-state index contributed by atoms with van der Waals surface area (Å²) >= 11 is 0. The van der Waals surface area contributed by atoms with E-state index < -0.39 is 12.1 Å². The number of allylic oxidation sites excluding steroid dienone is 6. The molecule has 478 valence electrons. The molecular weight excluding hydrogens is 995 g/mol. The average Bonchev–Trinajstić information content (AvgIpc) is 3.47.